The third kappa shape index (κ3) is 3.27. The maximum absolute atomic E-state index is 12.7. The summed E-state index contributed by atoms with van der Waals surface area (Å²) in [6.07, 6.45) is 2.06. The SMILES string of the molecule is CCCS(=O)(=O)N1CCCC1C(=O)N1C[C@H]2CNC[C@H]2C1.Cl. The fraction of sp³-hybridized carbons (Fsp3) is 0.929. The number of sulfonamides is 1. The number of nitrogens with zero attached hydrogens (tertiary/aromatic N) is 2. The number of carbonyl (C=O) groups excluding carboxylic acids is 1. The highest BCUT2D eigenvalue weighted by Gasteiger charge is 2.44. The Labute approximate surface area is 139 Å². The Bertz CT molecular complexity index is 501. The molecule has 0 radical (unpaired) electrons. The van der Waals surface area contributed by atoms with Crippen LogP contribution < -0.4 is 5.32 Å². The maximum atomic E-state index is 12.7. The number of likely N-dealkylation sites (tertiary alicyclic amines) is 1. The lowest BCUT2D eigenvalue weighted by atomic mass is 10.0. The third-order valence-electron chi connectivity index (χ3n) is 5.01. The zero-order valence-corrected chi connectivity index (χ0v) is 14.7. The zero-order chi connectivity index (χ0) is 15.0. The van der Waals surface area contributed by atoms with E-state index in [1.807, 2.05) is 11.8 Å². The third-order valence-corrected chi connectivity index (χ3v) is 7.09. The largest absolute Gasteiger partial charge is 0.341 e. The Kier molecular flexibility index (Phi) is 5.74. The van der Waals surface area contributed by atoms with Crippen LogP contribution in [0.2, 0.25) is 0 Å². The van der Waals surface area contributed by atoms with Gasteiger partial charge in [0.2, 0.25) is 15.9 Å². The standard InChI is InChI=1S/C14H25N3O3S.ClH/c1-2-6-21(19,20)17-5-3-4-13(17)14(18)16-9-11-7-15-8-12(11)10-16;/h11-13,15H,2-10H2,1H3;1H/t11-,12+,13?;. The van der Waals surface area contributed by atoms with Gasteiger partial charge in [-0.05, 0) is 31.1 Å². The van der Waals surface area contributed by atoms with Gasteiger partial charge in [-0.1, -0.05) is 6.92 Å². The lowest BCUT2D eigenvalue weighted by Crippen LogP contribution is -2.48. The molecule has 0 aliphatic carbocycles. The summed E-state index contributed by atoms with van der Waals surface area (Å²) in [5.41, 5.74) is 0. The van der Waals surface area contributed by atoms with Gasteiger partial charge in [0, 0.05) is 32.7 Å². The summed E-state index contributed by atoms with van der Waals surface area (Å²) in [6, 6.07) is -0.451. The van der Waals surface area contributed by atoms with Gasteiger partial charge in [0.1, 0.15) is 6.04 Å². The van der Waals surface area contributed by atoms with Gasteiger partial charge in [-0.2, -0.15) is 4.31 Å². The molecule has 6 nitrogen and oxygen atoms in total. The van der Waals surface area contributed by atoms with Crippen molar-refractivity contribution >= 4 is 28.3 Å². The topological polar surface area (TPSA) is 69.7 Å². The van der Waals surface area contributed by atoms with E-state index in [2.05, 4.69) is 5.32 Å². The summed E-state index contributed by atoms with van der Waals surface area (Å²) < 4.78 is 26.1. The molecule has 3 heterocycles. The van der Waals surface area contributed by atoms with E-state index in [-0.39, 0.29) is 24.1 Å². The molecular weight excluding hydrogens is 326 g/mol. The van der Waals surface area contributed by atoms with Crippen molar-refractivity contribution in [1.29, 1.82) is 0 Å². The van der Waals surface area contributed by atoms with Crippen LogP contribution in [-0.2, 0) is 14.8 Å². The van der Waals surface area contributed by atoms with E-state index in [9.17, 15) is 13.2 Å². The lowest BCUT2D eigenvalue weighted by Gasteiger charge is -2.27. The van der Waals surface area contributed by atoms with Gasteiger partial charge < -0.3 is 10.2 Å². The van der Waals surface area contributed by atoms with Crippen LogP contribution in [0.1, 0.15) is 26.2 Å². The van der Waals surface area contributed by atoms with Gasteiger partial charge in [0.25, 0.3) is 0 Å². The highest BCUT2D eigenvalue weighted by atomic mass is 35.5. The van der Waals surface area contributed by atoms with Crippen LogP contribution in [-0.4, -0.2) is 68.0 Å². The van der Waals surface area contributed by atoms with Crippen molar-refractivity contribution in [2.45, 2.75) is 32.2 Å². The first-order valence-electron chi connectivity index (χ1n) is 8.02. The van der Waals surface area contributed by atoms with E-state index in [1.165, 1.54) is 4.31 Å². The average Bonchev–Trinajstić information content (AvgIpc) is 3.12. The van der Waals surface area contributed by atoms with Gasteiger partial charge in [0.05, 0.1) is 5.75 Å². The molecule has 0 saturated carbocycles. The fourth-order valence-corrected chi connectivity index (χ4v) is 5.68. The highest BCUT2D eigenvalue weighted by molar-refractivity contribution is 7.89. The second-order valence-electron chi connectivity index (χ2n) is 6.51. The molecule has 3 fully saturated rings. The molecule has 0 aromatic heterocycles. The monoisotopic (exact) mass is 351 g/mol. The Morgan fingerprint density at radius 3 is 2.45 bits per heavy atom. The van der Waals surface area contributed by atoms with E-state index < -0.39 is 16.1 Å². The molecule has 128 valence electrons. The molecule has 8 heteroatoms. The number of carbonyl (C=O) groups is 1. The molecule has 3 saturated heterocycles. The molecular formula is C14H26ClN3O3S. The first kappa shape index (κ1) is 18.0. The van der Waals surface area contributed by atoms with Crippen LogP contribution in [0.4, 0.5) is 0 Å². The molecule has 0 spiro atoms. The molecule has 0 aromatic carbocycles. The molecule has 3 atom stereocenters. The van der Waals surface area contributed by atoms with Gasteiger partial charge in [-0.25, -0.2) is 8.42 Å². The van der Waals surface area contributed by atoms with Gasteiger partial charge in [-0.15, -0.1) is 12.4 Å². The molecule has 1 N–H and O–H groups in total. The van der Waals surface area contributed by atoms with Crippen molar-refractivity contribution < 1.29 is 13.2 Å². The highest BCUT2D eigenvalue weighted by Crippen LogP contribution is 2.30. The Morgan fingerprint density at radius 1 is 1.23 bits per heavy atom. The summed E-state index contributed by atoms with van der Waals surface area (Å²) in [7, 11) is -3.28. The van der Waals surface area contributed by atoms with Crippen LogP contribution >= 0.6 is 12.4 Å². The molecule has 3 rings (SSSR count). The Balaban J connectivity index is 0.00000176. The second kappa shape index (κ2) is 7.03. The quantitative estimate of drug-likeness (QED) is 0.790. The number of amides is 1. The van der Waals surface area contributed by atoms with E-state index >= 15 is 0 Å². The predicted molar refractivity (Wildman–Crippen MR) is 87.5 cm³/mol. The second-order valence-corrected chi connectivity index (χ2v) is 8.55. The van der Waals surface area contributed by atoms with E-state index in [4.69, 9.17) is 0 Å². The zero-order valence-electron chi connectivity index (χ0n) is 13.0. The molecule has 0 bridgehead atoms. The minimum absolute atomic E-state index is 0. The van der Waals surface area contributed by atoms with Crippen molar-refractivity contribution in [3.05, 3.63) is 0 Å². The molecule has 0 aromatic rings. The summed E-state index contributed by atoms with van der Waals surface area (Å²) in [4.78, 5) is 14.6. The molecule has 3 aliphatic rings. The number of fused-ring (bicyclic) bond motifs is 1. The number of rotatable bonds is 4. The average molecular weight is 352 g/mol. The Hall–Kier alpha value is -0.370. The van der Waals surface area contributed by atoms with Gasteiger partial charge in [-0.3, -0.25) is 4.79 Å². The normalized spacial score (nSPS) is 32.0. The summed E-state index contributed by atoms with van der Waals surface area (Å²) in [6.45, 7) is 5.90. The van der Waals surface area contributed by atoms with Crippen LogP contribution in [0.25, 0.3) is 0 Å². The number of hydrogen-bond acceptors (Lipinski definition) is 4. The van der Waals surface area contributed by atoms with Crippen LogP contribution in [0.5, 0.6) is 0 Å². The van der Waals surface area contributed by atoms with Crippen molar-refractivity contribution in [3.8, 4) is 0 Å². The minimum atomic E-state index is -3.28. The summed E-state index contributed by atoms with van der Waals surface area (Å²) in [5, 5.41) is 3.36. The number of halogens is 1. The van der Waals surface area contributed by atoms with Gasteiger partial charge in [0.15, 0.2) is 0 Å². The summed E-state index contributed by atoms with van der Waals surface area (Å²) >= 11 is 0. The fourth-order valence-electron chi connectivity index (χ4n) is 3.94. The number of hydrogen-bond donors (Lipinski definition) is 1. The molecule has 3 aliphatic heterocycles. The number of nitrogens with one attached hydrogen (secondary N) is 1. The Morgan fingerprint density at radius 2 is 1.86 bits per heavy atom. The van der Waals surface area contributed by atoms with Crippen LogP contribution in [0, 0.1) is 11.8 Å². The summed E-state index contributed by atoms with van der Waals surface area (Å²) in [5.74, 6) is 1.28. The van der Waals surface area contributed by atoms with Crippen molar-refractivity contribution in [2.24, 2.45) is 11.8 Å². The van der Waals surface area contributed by atoms with Crippen molar-refractivity contribution in [3.63, 3.8) is 0 Å². The first-order valence-corrected chi connectivity index (χ1v) is 9.63. The minimum Gasteiger partial charge on any atom is -0.341 e. The lowest BCUT2D eigenvalue weighted by molar-refractivity contribution is -0.133. The first-order chi connectivity index (χ1) is 10.0. The van der Waals surface area contributed by atoms with E-state index in [0.29, 0.717) is 31.2 Å². The molecule has 22 heavy (non-hydrogen) atoms. The van der Waals surface area contributed by atoms with Crippen molar-refractivity contribution in [1.82, 2.24) is 14.5 Å². The van der Waals surface area contributed by atoms with Gasteiger partial charge >= 0.3 is 0 Å². The van der Waals surface area contributed by atoms with E-state index in [1.54, 1.807) is 0 Å². The van der Waals surface area contributed by atoms with Crippen molar-refractivity contribution in [2.75, 3.05) is 38.5 Å². The smallest absolute Gasteiger partial charge is 0.241 e. The van der Waals surface area contributed by atoms with Crippen LogP contribution in [0.15, 0.2) is 0 Å². The predicted octanol–water partition coefficient (Wildman–Crippen LogP) is 0.290. The van der Waals surface area contributed by atoms with E-state index in [0.717, 1.165) is 32.6 Å². The maximum Gasteiger partial charge on any atom is 0.241 e. The van der Waals surface area contributed by atoms with Crippen LogP contribution in [0.3, 0.4) is 0 Å². The molecule has 1 amide bonds. The molecule has 1 unspecified atom stereocenters.